The first-order chi connectivity index (χ1) is 10.1. The number of carbonyl (C=O) groups excluding carboxylic acids is 1. The zero-order valence-corrected chi connectivity index (χ0v) is 12.0. The van der Waals surface area contributed by atoms with Crippen LogP contribution in [0.2, 0.25) is 5.02 Å². The van der Waals surface area contributed by atoms with Gasteiger partial charge in [0.15, 0.2) is 5.78 Å². The molecule has 2 aromatic carbocycles. The minimum atomic E-state index is -0.147. The van der Waals surface area contributed by atoms with E-state index in [-0.39, 0.29) is 5.78 Å². The van der Waals surface area contributed by atoms with Gasteiger partial charge in [0, 0.05) is 33.2 Å². The highest BCUT2D eigenvalue weighted by molar-refractivity contribution is 6.32. The van der Waals surface area contributed by atoms with E-state index in [1.165, 1.54) is 0 Å². The maximum Gasteiger partial charge on any atom is 0.195 e. The molecule has 21 heavy (non-hydrogen) atoms. The number of carbonyl (C=O) groups is 1. The van der Waals surface area contributed by atoms with Crippen LogP contribution in [-0.2, 0) is 0 Å². The lowest BCUT2D eigenvalue weighted by Gasteiger charge is -2.03. The van der Waals surface area contributed by atoms with Gasteiger partial charge in [-0.3, -0.25) is 4.79 Å². The van der Waals surface area contributed by atoms with Crippen LogP contribution >= 0.6 is 11.6 Å². The Kier molecular flexibility index (Phi) is 3.25. The van der Waals surface area contributed by atoms with E-state index in [0.717, 1.165) is 11.1 Å². The lowest BCUT2D eigenvalue weighted by atomic mass is 9.99. The van der Waals surface area contributed by atoms with Gasteiger partial charge in [0.25, 0.3) is 0 Å². The Hall–Kier alpha value is -2.57. The van der Waals surface area contributed by atoms with E-state index in [0.29, 0.717) is 27.1 Å². The van der Waals surface area contributed by atoms with Crippen molar-refractivity contribution in [2.24, 2.45) is 0 Å². The number of H-pyrrole nitrogens is 1. The molecule has 0 fully saturated rings. The van der Waals surface area contributed by atoms with E-state index in [2.05, 4.69) is 11.1 Å². The standard InChI is InChI=1S/C17H11ClN2O/c1-10-5-6-11(7-14(10)18)17(21)13-9-20-15-4-2-3-12(8-19)16(13)15/h2-7,9,20H,1H3. The van der Waals surface area contributed by atoms with Crippen molar-refractivity contribution in [3.63, 3.8) is 0 Å². The molecule has 4 heteroatoms. The van der Waals surface area contributed by atoms with Crippen LogP contribution in [0.1, 0.15) is 27.0 Å². The molecule has 1 aromatic heterocycles. The van der Waals surface area contributed by atoms with Crippen molar-refractivity contribution >= 4 is 28.3 Å². The van der Waals surface area contributed by atoms with Crippen LogP contribution in [0.3, 0.4) is 0 Å². The zero-order valence-electron chi connectivity index (χ0n) is 11.3. The van der Waals surface area contributed by atoms with Crippen LogP contribution in [0.5, 0.6) is 0 Å². The van der Waals surface area contributed by atoms with Gasteiger partial charge in [0.2, 0.25) is 0 Å². The van der Waals surface area contributed by atoms with Crippen LogP contribution in [0, 0.1) is 18.3 Å². The van der Waals surface area contributed by atoms with Gasteiger partial charge in [-0.05, 0) is 30.7 Å². The first-order valence-electron chi connectivity index (χ1n) is 6.43. The van der Waals surface area contributed by atoms with Crippen molar-refractivity contribution in [1.29, 1.82) is 5.26 Å². The number of aromatic nitrogens is 1. The van der Waals surface area contributed by atoms with Crippen LogP contribution in [0.4, 0.5) is 0 Å². The van der Waals surface area contributed by atoms with Gasteiger partial charge in [-0.25, -0.2) is 0 Å². The number of rotatable bonds is 2. The van der Waals surface area contributed by atoms with Crippen LogP contribution < -0.4 is 0 Å². The number of fused-ring (bicyclic) bond motifs is 1. The Bertz CT molecular complexity index is 903. The molecule has 0 saturated heterocycles. The molecule has 3 nitrogen and oxygen atoms in total. The van der Waals surface area contributed by atoms with Gasteiger partial charge < -0.3 is 4.98 Å². The number of ketones is 1. The summed E-state index contributed by atoms with van der Waals surface area (Å²) in [5.41, 5.74) is 3.18. The summed E-state index contributed by atoms with van der Waals surface area (Å²) in [6.45, 7) is 1.88. The van der Waals surface area contributed by atoms with Crippen LogP contribution in [0.25, 0.3) is 10.9 Å². The zero-order chi connectivity index (χ0) is 15.0. The lowest BCUT2D eigenvalue weighted by molar-refractivity contribution is 0.104. The first kappa shape index (κ1) is 13.4. The molecule has 3 rings (SSSR count). The summed E-state index contributed by atoms with van der Waals surface area (Å²) >= 11 is 6.08. The molecule has 0 atom stereocenters. The van der Waals surface area contributed by atoms with Gasteiger partial charge in [-0.1, -0.05) is 29.8 Å². The molecular weight excluding hydrogens is 284 g/mol. The molecule has 0 aliphatic rings. The van der Waals surface area contributed by atoms with Gasteiger partial charge >= 0.3 is 0 Å². The Morgan fingerprint density at radius 1 is 1.29 bits per heavy atom. The number of hydrogen-bond donors (Lipinski definition) is 1. The Labute approximate surface area is 126 Å². The fourth-order valence-electron chi connectivity index (χ4n) is 2.35. The molecule has 0 radical (unpaired) electrons. The summed E-state index contributed by atoms with van der Waals surface area (Å²) < 4.78 is 0. The third kappa shape index (κ3) is 2.20. The second-order valence-corrected chi connectivity index (χ2v) is 5.24. The third-order valence-electron chi connectivity index (χ3n) is 3.50. The fraction of sp³-hybridized carbons (Fsp3) is 0.0588. The minimum Gasteiger partial charge on any atom is -0.360 e. The molecule has 1 N–H and O–H groups in total. The number of hydrogen-bond acceptors (Lipinski definition) is 2. The van der Waals surface area contributed by atoms with E-state index < -0.39 is 0 Å². The maximum absolute atomic E-state index is 12.7. The summed E-state index contributed by atoms with van der Waals surface area (Å²) in [7, 11) is 0. The number of aromatic amines is 1. The number of benzene rings is 2. The van der Waals surface area contributed by atoms with Crippen molar-refractivity contribution in [3.8, 4) is 6.07 Å². The molecule has 0 spiro atoms. The molecule has 1 heterocycles. The van der Waals surface area contributed by atoms with Crippen LogP contribution in [0.15, 0.2) is 42.6 Å². The number of nitriles is 1. The van der Waals surface area contributed by atoms with Gasteiger partial charge in [-0.15, -0.1) is 0 Å². The van der Waals surface area contributed by atoms with Crippen molar-refractivity contribution < 1.29 is 4.79 Å². The monoisotopic (exact) mass is 294 g/mol. The van der Waals surface area contributed by atoms with Crippen LogP contribution in [-0.4, -0.2) is 10.8 Å². The number of nitrogens with zero attached hydrogens (tertiary/aromatic N) is 1. The molecular formula is C17H11ClN2O. The summed E-state index contributed by atoms with van der Waals surface area (Å²) in [5, 5.41) is 10.4. The largest absolute Gasteiger partial charge is 0.360 e. The molecule has 0 aliphatic carbocycles. The van der Waals surface area contributed by atoms with E-state index in [4.69, 9.17) is 11.6 Å². The minimum absolute atomic E-state index is 0.147. The summed E-state index contributed by atoms with van der Waals surface area (Å²) in [6.07, 6.45) is 1.64. The SMILES string of the molecule is Cc1ccc(C(=O)c2c[nH]c3cccc(C#N)c23)cc1Cl. The Balaban J connectivity index is 2.18. The van der Waals surface area contributed by atoms with Gasteiger partial charge in [0.05, 0.1) is 11.6 Å². The average Bonchev–Trinajstić information content (AvgIpc) is 2.93. The smallest absolute Gasteiger partial charge is 0.195 e. The van der Waals surface area contributed by atoms with E-state index in [9.17, 15) is 10.1 Å². The summed E-state index contributed by atoms with van der Waals surface area (Å²) in [6, 6.07) is 12.7. The van der Waals surface area contributed by atoms with Gasteiger partial charge in [0.1, 0.15) is 0 Å². The van der Waals surface area contributed by atoms with Crippen molar-refractivity contribution in [3.05, 3.63) is 69.9 Å². The highest BCUT2D eigenvalue weighted by Gasteiger charge is 2.17. The topological polar surface area (TPSA) is 56.6 Å². The average molecular weight is 295 g/mol. The molecule has 0 bridgehead atoms. The Morgan fingerprint density at radius 3 is 2.81 bits per heavy atom. The lowest BCUT2D eigenvalue weighted by Crippen LogP contribution is -2.01. The van der Waals surface area contributed by atoms with Gasteiger partial charge in [-0.2, -0.15) is 5.26 Å². The highest BCUT2D eigenvalue weighted by Crippen LogP contribution is 2.26. The molecule has 102 valence electrons. The number of aryl methyl sites for hydroxylation is 1. The molecule has 0 saturated carbocycles. The number of nitrogens with one attached hydrogen (secondary N) is 1. The second kappa shape index (κ2) is 5.08. The quantitative estimate of drug-likeness (QED) is 0.719. The van der Waals surface area contributed by atoms with Crippen molar-refractivity contribution in [2.45, 2.75) is 6.92 Å². The number of halogens is 1. The molecule has 0 aliphatic heterocycles. The normalized spacial score (nSPS) is 10.5. The predicted molar refractivity (Wildman–Crippen MR) is 82.6 cm³/mol. The third-order valence-corrected chi connectivity index (χ3v) is 3.91. The second-order valence-electron chi connectivity index (χ2n) is 4.84. The maximum atomic E-state index is 12.7. The predicted octanol–water partition coefficient (Wildman–Crippen LogP) is 4.23. The molecule has 3 aromatic rings. The fourth-order valence-corrected chi connectivity index (χ4v) is 2.53. The Morgan fingerprint density at radius 2 is 2.10 bits per heavy atom. The molecule has 0 amide bonds. The summed E-state index contributed by atoms with van der Waals surface area (Å²) in [5.74, 6) is -0.147. The summed E-state index contributed by atoms with van der Waals surface area (Å²) in [4.78, 5) is 15.7. The van der Waals surface area contributed by atoms with Crippen molar-refractivity contribution in [2.75, 3.05) is 0 Å². The van der Waals surface area contributed by atoms with E-state index in [1.54, 1.807) is 30.5 Å². The highest BCUT2D eigenvalue weighted by atomic mass is 35.5. The van der Waals surface area contributed by atoms with E-state index in [1.807, 2.05) is 19.1 Å². The van der Waals surface area contributed by atoms with Crippen molar-refractivity contribution in [1.82, 2.24) is 4.98 Å². The first-order valence-corrected chi connectivity index (χ1v) is 6.80. The molecule has 0 unspecified atom stereocenters. The van der Waals surface area contributed by atoms with E-state index >= 15 is 0 Å².